The summed E-state index contributed by atoms with van der Waals surface area (Å²) < 4.78 is 40.3. The van der Waals surface area contributed by atoms with Crippen LogP contribution in [0.5, 0.6) is 23.0 Å². The Bertz CT molecular complexity index is 1760. The highest BCUT2D eigenvalue weighted by Gasteiger charge is 2.52. The zero-order valence-electron chi connectivity index (χ0n) is 27.5. The average Bonchev–Trinajstić information content (AvgIpc) is 3.10. The molecule has 0 bridgehead atoms. The van der Waals surface area contributed by atoms with Crippen molar-refractivity contribution in [2.45, 2.75) is 106 Å². The number of benzene rings is 2. The van der Waals surface area contributed by atoms with Crippen LogP contribution < -0.4 is 10.2 Å². The summed E-state index contributed by atoms with van der Waals surface area (Å²) in [5.74, 6) is -2.27. The molecule has 286 valence electrons. The van der Waals surface area contributed by atoms with Gasteiger partial charge in [-0.2, -0.15) is 0 Å². The van der Waals surface area contributed by atoms with Crippen molar-refractivity contribution in [3.05, 3.63) is 46.6 Å². The van der Waals surface area contributed by atoms with Crippen LogP contribution in [0.4, 0.5) is 0 Å². The fraction of sp³-hybridized carbons (Fsp3) is 0.545. The van der Waals surface area contributed by atoms with Crippen LogP contribution in [0, 0.1) is 0 Å². The maximum atomic E-state index is 14.0. The number of hydrogen-bond acceptors (Lipinski definition) is 19. The van der Waals surface area contributed by atoms with Crippen molar-refractivity contribution in [3.8, 4) is 34.3 Å². The lowest BCUT2D eigenvalue weighted by molar-refractivity contribution is -0.360. The largest absolute Gasteiger partial charge is 0.508 e. The Morgan fingerprint density at radius 1 is 0.654 bits per heavy atom. The minimum absolute atomic E-state index is 0.138. The van der Waals surface area contributed by atoms with Gasteiger partial charge in [-0.05, 0) is 38.1 Å². The molecule has 0 unspecified atom stereocenters. The minimum Gasteiger partial charge on any atom is -0.508 e. The van der Waals surface area contributed by atoms with Gasteiger partial charge in [0.1, 0.15) is 83.2 Å². The van der Waals surface area contributed by atoms with E-state index in [0.29, 0.717) is 0 Å². The van der Waals surface area contributed by atoms with E-state index in [-0.39, 0.29) is 22.7 Å². The van der Waals surface area contributed by atoms with Gasteiger partial charge in [-0.25, -0.2) is 0 Å². The topological polar surface area (TPSA) is 308 Å². The SMILES string of the molecule is C[C@@H]1O[C@@H](O[C@H]2[C@H](Oc3c(-c4ccc(O)cc4)oc4cc(O)cc(O)c4c3=O)O[C@H](CO[C@H]3O[C@@H](C)[C@H](O)[C@@H](O)[C@H]3O)[C@H](O)[C@@H]2O)[C@H](O)[C@H](O)[C@H]1O. The molecule has 6 rings (SSSR count). The molecule has 0 amide bonds. The summed E-state index contributed by atoms with van der Waals surface area (Å²) >= 11 is 0. The third-order valence-electron chi connectivity index (χ3n) is 9.26. The summed E-state index contributed by atoms with van der Waals surface area (Å²) in [4.78, 5) is 14.0. The summed E-state index contributed by atoms with van der Waals surface area (Å²) in [6.45, 7) is 2.12. The smallest absolute Gasteiger partial charge is 0.239 e. The lowest BCUT2D eigenvalue weighted by atomic mass is 9.97. The summed E-state index contributed by atoms with van der Waals surface area (Å²) in [6, 6.07) is 7.16. The molecule has 2 aromatic carbocycles. The molecule has 19 nitrogen and oxygen atoms in total. The van der Waals surface area contributed by atoms with Crippen LogP contribution in [0.1, 0.15) is 13.8 Å². The molecule has 3 fully saturated rings. The molecule has 0 aliphatic carbocycles. The van der Waals surface area contributed by atoms with E-state index in [9.17, 15) is 61.0 Å². The number of rotatable bonds is 8. The lowest BCUT2D eigenvalue weighted by Crippen LogP contribution is -2.65. The summed E-state index contributed by atoms with van der Waals surface area (Å²) in [7, 11) is 0. The maximum absolute atomic E-state index is 14.0. The van der Waals surface area contributed by atoms with E-state index in [4.69, 9.17) is 32.8 Å². The van der Waals surface area contributed by atoms with Gasteiger partial charge in [0.2, 0.25) is 17.5 Å². The number of aromatic hydroxyl groups is 3. The first-order chi connectivity index (χ1) is 24.6. The number of hydrogen-bond donors (Lipinski definition) is 11. The fourth-order valence-electron chi connectivity index (χ4n) is 6.20. The Kier molecular flexibility index (Phi) is 11.0. The van der Waals surface area contributed by atoms with Crippen molar-refractivity contribution in [2.75, 3.05) is 6.61 Å². The molecule has 15 atom stereocenters. The number of phenolic OH excluding ortho intramolecular Hbond substituents is 3. The van der Waals surface area contributed by atoms with Gasteiger partial charge in [0.05, 0.1) is 18.8 Å². The molecule has 0 saturated carbocycles. The Hall–Kier alpha value is -3.67. The van der Waals surface area contributed by atoms with Crippen LogP contribution in [0.3, 0.4) is 0 Å². The van der Waals surface area contributed by atoms with E-state index in [0.717, 1.165) is 12.1 Å². The van der Waals surface area contributed by atoms with Crippen molar-refractivity contribution in [2.24, 2.45) is 0 Å². The first-order valence-electron chi connectivity index (χ1n) is 16.2. The highest BCUT2D eigenvalue weighted by molar-refractivity contribution is 5.88. The number of phenols is 3. The van der Waals surface area contributed by atoms with Crippen molar-refractivity contribution in [1.82, 2.24) is 0 Å². The molecule has 4 heterocycles. The van der Waals surface area contributed by atoms with E-state index >= 15 is 0 Å². The lowest BCUT2D eigenvalue weighted by Gasteiger charge is -2.46. The molecule has 1 aromatic heterocycles. The normalized spacial score (nSPS) is 38.3. The Balaban J connectivity index is 1.38. The van der Waals surface area contributed by atoms with Gasteiger partial charge < -0.3 is 89.0 Å². The van der Waals surface area contributed by atoms with Gasteiger partial charge in [0, 0.05) is 17.7 Å². The Labute approximate surface area is 293 Å². The minimum atomic E-state index is -2.00. The van der Waals surface area contributed by atoms with Crippen LogP contribution in [0.25, 0.3) is 22.3 Å². The van der Waals surface area contributed by atoms with Crippen LogP contribution >= 0.6 is 0 Å². The quantitative estimate of drug-likeness (QED) is 0.113. The standard InChI is InChI=1S/C33H40O19/c1-10-19(37)23(41)26(44)31(47-10)46-9-17-21(39)25(43)30(52-32-27(45)24(42)20(38)11(2)48-32)33(50-17)51-29-22(40)18-15(36)7-14(35)8-16(18)49-28(29)12-3-5-13(34)6-4-12/h3-8,10-11,17,19-21,23-27,30-39,41-45H,9H2,1-2H3/t10-,11-,17+,19-,20-,21-,23+,24+,25-,26+,27+,30+,31-,32-,33-/m0/s1. The third kappa shape index (κ3) is 7.16. The molecule has 0 spiro atoms. The Morgan fingerprint density at radius 2 is 1.25 bits per heavy atom. The molecule has 19 heteroatoms. The van der Waals surface area contributed by atoms with E-state index in [1.807, 2.05) is 0 Å². The third-order valence-corrected chi connectivity index (χ3v) is 9.26. The second-order valence-corrected chi connectivity index (χ2v) is 12.9. The van der Waals surface area contributed by atoms with Crippen LogP contribution in [0.2, 0.25) is 0 Å². The van der Waals surface area contributed by atoms with E-state index < -0.39 is 127 Å². The van der Waals surface area contributed by atoms with Crippen molar-refractivity contribution >= 4 is 11.0 Å². The molecule has 0 radical (unpaired) electrons. The molecule has 11 N–H and O–H groups in total. The molecule has 3 aromatic rings. The van der Waals surface area contributed by atoms with Crippen LogP contribution in [-0.2, 0) is 23.7 Å². The van der Waals surface area contributed by atoms with E-state index in [1.54, 1.807) is 0 Å². The molecular weight excluding hydrogens is 700 g/mol. The van der Waals surface area contributed by atoms with Gasteiger partial charge in [0.25, 0.3) is 0 Å². The van der Waals surface area contributed by atoms with Crippen molar-refractivity contribution in [1.29, 1.82) is 0 Å². The van der Waals surface area contributed by atoms with Crippen molar-refractivity contribution in [3.63, 3.8) is 0 Å². The van der Waals surface area contributed by atoms with Crippen LogP contribution in [-0.4, -0.2) is 155 Å². The number of aliphatic hydroxyl groups is 8. The van der Waals surface area contributed by atoms with E-state index in [1.165, 1.54) is 38.1 Å². The fourth-order valence-corrected chi connectivity index (χ4v) is 6.20. The molecular formula is C33H40O19. The first-order valence-corrected chi connectivity index (χ1v) is 16.2. The molecule has 3 saturated heterocycles. The Morgan fingerprint density at radius 3 is 1.88 bits per heavy atom. The molecule has 3 aliphatic heterocycles. The predicted molar refractivity (Wildman–Crippen MR) is 170 cm³/mol. The summed E-state index contributed by atoms with van der Waals surface area (Å²) in [5, 5.41) is 115. The molecule has 52 heavy (non-hydrogen) atoms. The zero-order valence-corrected chi connectivity index (χ0v) is 27.5. The average molecular weight is 741 g/mol. The maximum Gasteiger partial charge on any atom is 0.239 e. The van der Waals surface area contributed by atoms with Crippen LogP contribution in [0.15, 0.2) is 45.6 Å². The predicted octanol–water partition coefficient (Wildman–Crippen LogP) is -2.54. The van der Waals surface area contributed by atoms with Gasteiger partial charge in [-0.1, -0.05) is 0 Å². The van der Waals surface area contributed by atoms with E-state index in [2.05, 4.69) is 0 Å². The number of aliphatic hydroxyl groups excluding tert-OH is 8. The number of ether oxygens (including phenoxy) is 6. The van der Waals surface area contributed by atoms with Gasteiger partial charge in [-0.3, -0.25) is 4.79 Å². The molecule has 3 aliphatic rings. The monoisotopic (exact) mass is 740 g/mol. The number of fused-ring (bicyclic) bond motifs is 1. The second-order valence-electron chi connectivity index (χ2n) is 12.9. The second kappa shape index (κ2) is 15.0. The van der Waals surface area contributed by atoms with Gasteiger partial charge in [-0.15, -0.1) is 0 Å². The first kappa shape index (κ1) is 38.1. The summed E-state index contributed by atoms with van der Waals surface area (Å²) in [6.07, 6.45) is -24.7. The highest BCUT2D eigenvalue weighted by Crippen LogP contribution is 2.38. The van der Waals surface area contributed by atoms with Gasteiger partial charge in [0.15, 0.2) is 24.4 Å². The highest BCUT2D eigenvalue weighted by atomic mass is 16.8. The zero-order chi connectivity index (χ0) is 37.8. The summed E-state index contributed by atoms with van der Waals surface area (Å²) in [5.41, 5.74) is -1.15. The van der Waals surface area contributed by atoms with Gasteiger partial charge >= 0.3 is 0 Å². The van der Waals surface area contributed by atoms with Crippen molar-refractivity contribution < 1.29 is 89.0 Å².